The maximum atomic E-state index is 11.6. The number of aliphatic hydroxyl groups excluding tert-OH is 1. The van der Waals surface area contributed by atoms with Crippen LogP contribution in [-0.2, 0) is 4.79 Å². The highest BCUT2D eigenvalue weighted by Crippen LogP contribution is 2.23. The average molecular weight is 242 g/mol. The van der Waals surface area contributed by atoms with Gasteiger partial charge in [-0.2, -0.15) is 0 Å². The van der Waals surface area contributed by atoms with Crippen molar-refractivity contribution in [1.82, 2.24) is 10.2 Å². The Bertz CT molecular complexity index is 225. The molecular formula is C13H26N2O2. The number of hydrogen-bond donors (Lipinski definition) is 2. The Labute approximate surface area is 104 Å². The van der Waals surface area contributed by atoms with Crippen LogP contribution in [0, 0.1) is 0 Å². The Balaban J connectivity index is 2.30. The van der Waals surface area contributed by atoms with E-state index in [2.05, 4.69) is 10.2 Å². The number of aliphatic hydroxyl groups is 1. The van der Waals surface area contributed by atoms with Gasteiger partial charge in [-0.15, -0.1) is 0 Å². The smallest absolute Gasteiger partial charge is 0.221 e. The van der Waals surface area contributed by atoms with Crippen molar-refractivity contribution < 1.29 is 9.90 Å². The van der Waals surface area contributed by atoms with Crippen molar-refractivity contribution in [2.24, 2.45) is 0 Å². The predicted molar refractivity (Wildman–Crippen MR) is 68.8 cm³/mol. The minimum absolute atomic E-state index is 0.112. The quantitative estimate of drug-likeness (QED) is 0.704. The van der Waals surface area contributed by atoms with Gasteiger partial charge in [-0.3, -0.25) is 9.69 Å². The number of carbonyl (C=O) groups is 1. The molecule has 0 unspecified atom stereocenters. The second kappa shape index (κ2) is 7.67. The fourth-order valence-corrected chi connectivity index (χ4v) is 2.51. The molecule has 0 atom stereocenters. The van der Waals surface area contributed by atoms with Gasteiger partial charge in [0.15, 0.2) is 0 Å². The van der Waals surface area contributed by atoms with Crippen LogP contribution < -0.4 is 5.32 Å². The molecule has 0 heterocycles. The van der Waals surface area contributed by atoms with Gasteiger partial charge < -0.3 is 10.4 Å². The van der Waals surface area contributed by atoms with Crippen molar-refractivity contribution in [1.29, 1.82) is 0 Å². The van der Waals surface area contributed by atoms with Gasteiger partial charge in [0.1, 0.15) is 0 Å². The first-order chi connectivity index (χ1) is 8.13. The molecule has 0 aromatic rings. The second-order valence-corrected chi connectivity index (χ2v) is 5.17. The molecule has 1 aliphatic rings. The zero-order valence-corrected chi connectivity index (χ0v) is 11.1. The van der Waals surface area contributed by atoms with Crippen LogP contribution in [0.3, 0.4) is 0 Å². The Morgan fingerprint density at radius 3 is 2.53 bits per heavy atom. The summed E-state index contributed by atoms with van der Waals surface area (Å²) in [5.74, 6) is 0.112. The summed E-state index contributed by atoms with van der Waals surface area (Å²) in [5.41, 5.74) is 0. The number of nitrogens with one attached hydrogen (secondary N) is 1. The van der Waals surface area contributed by atoms with Gasteiger partial charge in [-0.05, 0) is 26.7 Å². The van der Waals surface area contributed by atoms with E-state index >= 15 is 0 Å². The topological polar surface area (TPSA) is 52.6 Å². The molecule has 1 amide bonds. The third-order valence-corrected chi connectivity index (χ3v) is 3.30. The van der Waals surface area contributed by atoms with Crippen LogP contribution in [0.5, 0.6) is 0 Å². The summed E-state index contributed by atoms with van der Waals surface area (Å²) in [6.45, 7) is 5.59. The first-order valence-electron chi connectivity index (χ1n) is 6.77. The standard InChI is InChI=1S/C13H26N2O2/c1-11(2)14-13(17)7-8-15(9-10-16)12-5-3-4-6-12/h11-12,16H,3-10H2,1-2H3,(H,14,17). The van der Waals surface area contributed by atoms with E-state index in [1.165, 1.54) is 25.7 Å². The Morgan fingerprint density at radius 1 is 1.35 bits per heavy atom. The van der Waals surface area contributed by atoms with Crippen LogP contribution in [0.1, 0.15) is 46.0 Å². The molecule has 0 aromatic carbocycles. The second-order valence-electron chi connectivity index (χ2n) is 5.17. The number of carbonyl (C=O) groups excluding carboxylic acids is 1. The first kappa shape index (κ1) is 14.5. The van der Waals surface area contributed by atoms with Crippen molar-refractivity contribution in [3.63, 3.8) is 0 Å². The Kier molecular flexibility index (Phi) is 6.52. The van der Waals surface area contributed by atoms with E-state index in [9.17, 15) is 4.79 Å². The van der Waals surface area contributed by atoms with Gasteiger partial charge >= 0.3 is 0 Å². The summed E-state index contributed by atoms with van der Waals surface area (Å²) >= 11 is 0. The van der Waals surface area contributed by atoms with Crippen LogP contribution in [0.15, 0.2) is 0 Å². The SMILES string of the molecule is CC(C)NC(=O)CCN(CCO)C1CCCC1. The highest BCUT2D eigenvalue weighted by atomic mass is 16.3. The van der Waals surface area contributed by atoms with Gasteiger partial charge in [-0.1, -0.05) is 12.8 Å². The number of rotatable bonds is 7. The van der Waals surface area contributed by atoms with E-state index < -0.39 is 0 Å². The summed E-state index contributed by atoms with van der Waals surface area (Å²) in [4.78, 5) is 13.8. The summed E-state index contributed by atoms with van der Waals surface area (Å²) in [6.07, 6.45) is 5.53. The van der Waals surface area contributed by atoms with Gasteiger partial charge in [0.25, 0.3) is 0 Å². The molecule has 0 spiro atoms. The highest BCUT2D eigenvalue weighted by Gasteiger charge is 2.22. The highest BCUT2D eigenvalue weighted by molar-refractivity contribution is 5.76. The van der Waals surface area contributed by atoms with E-state index in [0.717, 1.165) is 6.54 Å². The third kappa shape index (κ3) is 5.50. The number of nitrogens with zero attached hydrogens (tertiary/aromatic N) is 1. The monoisotopic (exact) mass is 242 g/mol. The van der Waals surface area contributed by atoms with Crippen LogP contribution >= 0.6 is 0 Å². The lowest BCUT2D eigenvalue weighted by molar-refractivity contribution is -0.122. The minimum Gasteiger partial charge on any atom is -0.395 e. The van der Waals surface area contributed by atoms with Gasteiger partial charge in [0.05, 0.1) is 6.61 Å². The zero-order valence-electron chi connectivity index (χ0n) is 11.1. The lowest BCUT2D eigenvalue weighted by atomic mass is 10.2. The summed E-state index contributed by atoms with van der Waals surface area (Å²) in [5, 5.41) is 12.0. The molecule has 1 aliphatic carbocycles. The predicted octanol–water partition coefficient (Wildman–Crippen LogP) is 1.14. The molecule has 0 aromatic heterocycles. The first-order valence-corrected chi connectivity index (χ1v) is 6.77. The molecule has 2 N–H and O–H groups in total. The summed E-state index contributed by atoms with van der Waals surface area (Å²) < 4.78 is 0. The van der Waals surface area contributed by atoms with Crippen molar-refractivity contribution >= 4 is 5.91 Å². The maximum Gasteiger partial charge on any atom is 0.221 e. The molecule has 0 saturated heterocycles. The van der Waals surface area contributed by atoms with Crippen molar-refractivity contribution in [2.45, 2.75) is 58.0 Å². The molecule has 0 radical (unpaired) electrons. The zero-order chi connectivity index (χ0) is 12.7. The van der Waals surface area contributed by atoms with Crippen LogP contribution in [0.25, 0.3) is 0 Å². The maximum absolute atomic E-state index is 11.6. The van der Waals surface area contributed by atoms with Gasteiger partial charge in [-0.25, -0.2) is 0 Å². The van der Waals surface area contributed by atoms with E-state index in [1.54, 1.807) is 0 Å². The number of amides is 1. The molecule has 0 aliphatic heterocycles. The molecule has 4 nitrogen and oxygen atoms in total. The van der Waals surface area contributed by atoms with E-state index in [1.807, 2.05) is 13.8 Å². The van der Waals surface area contributed by atoms with Crippen LogP contribution in [0.2, 0.25) is 0 Å². The van der Waals surface area contributed by atoms with E-state index in [4.69, 9.17) is 5.11 Å². The fourth-order valence-electron chi connectivity index (χ4n) is 2.51. The molecule has 1 rings (SSSR count). The average Bonchev–Trinajstić information content (AvgIpc) is 2.76. The molecule has 0 bridgehead atoms. The molecule has 1 fully saturated rings. The van der Waals surface area contributed by atoms with Gasteiger partial charge in [0.2, 0.25) is 5.91 Å². The Morgan fingerprint density at radius 2 is 2.00 bits per heavy atom. The van der Waals surface area contributed by atoms with Crippen molar-refractivity contribution in [3.05, 3.63) is 0 Å². The van der Waals surface area contributed by atoms with E-state index in [0.29, 0.717) is 19.0 Å². The molecule has 17 heavy (non-hydrogen) atoms. The minimum atomic E-state index is 0.112. The largest absolute Gasteiger partial charge is 0.395 e. The molecule has 4 heteroatoms. The summed E-state index contributed by atoms with van der Waals surface area (Å²) in [6, 6.07) is 0.786. The number of hydrogen-bond acceptors (Lipinski definition) is 3. The lowest BCUT2D eigenvalue weighted by Crippen LogP contribution is -2.39. The van der Waals surface area contributed by atoms with Crippen molar-refractivity contribution in [3.8, 4) is 0 Å². The Hall–Kier alpha value is -0.610. The molecule has 1 saturated carbocycles. The third-order valence-electron chi connectivity index (χ3n) is 3.30. The van der Waals surface area contributed by atoms with Crippen LogP contribution in [0.4, 0.5) is 0 Å². The lowest BCUT2D eigenvalue weighted by Gasteiger charge is -2.27. The fraction of sp³-hybridized carbons (Fsp3) is 0.923. The van der Waals surface area contributed by atoms with Crippen LogP contribution in [-0.4, -0.2) is 47.7 Å². The molecular weight excluding hydrogens is 216 g/mol. The molecule has 100 valence electrons. The normalized spacial score (nSPS) is 17.0. The summed E-state index contributed by atoms with van der Waals surface area (Å²) in [7, 11) is 0. The van der Waals surface area contributed by atoms with E-state index in [-0.39, 0.29) is 18.6 Å². The van der Waals surface area contributed by atoms with Crippen molar-refractivity contribution in [2.75, 3.05) is 19.7 Å². The van der Waals surface area contributed by atoms with Gasteiger partial charge in [0, 0.05) is 31.6 Å².